The summed E-state index contributed by atoms with van der Waals surface area (Å²) in [5.74, 6) is -0.255. The van der Waals surface area contributed by atoms with E-state index in [0.29, 0.717) is 16.0 Å². The highest BCUT2D eigenvalue weighted by molar-refractivity contribution is 8.13. The Morgan fingerprint density at radius 1 is 1.27 bits per heavy atom. The topological polar surface area (TPSA) is 60.8 Å². The van der Waals surface area contributed by atoms with E-state index in [0.717, 1.165) is 6.07 Å². The number of hydrogen-bond acceptors (Lipinski definition) is 6. The van der Waals surface area contributed by atoms with Crippen LogP contribution in [0.3, 0.4) is 0 Å². The fraction of sp³-hybridized carbons (Fsp3) is 0.353. The van der Waals surface area contributed by atoms with Gasteiger partial charge in [-0.15, -0.1) is 11.8 Å². The Bertz CT molecular complexity index is 838. The van der Waals surface area contributed by atoms with Gasteiger partial charge in [0.1, 0.15) is 23.5 Å². The molecule has 1 heterocycles. The van der Waals surface area contributed by atoms with Gasteiger partial charge in [0.2, 0.25) is 0 Å². The van der Waals surface area contributed by atoms with Crippen LogP contribution in [0.2, 0.25) is 0 Å². The molecule has 0 fully saturated rings. The molecule has 0 saturated heterocycles. The van der Waals surface area contributed by atoms with Gasteiger partial charge >= 0.3 is 12.1 Å². The fourth-order valence-electron chi connectivity index (χ4n) is 2.30. The third-order valence-corrected chi connectivity index (χ3v) is 4.15. The first kappa shape index (κ1) is 20.0. The number of esters is 1. The largest absolute Gasteiger partial charge is 0.494 e. The van der Waals surface area contributed by atoms with Crippen molar-refractivity contribution >= 4 is 33.7 Å². The van der Waals surface area contributed by atoms with Gasteiger partial charge in [0, 0.05) is 10.9 Å². The lowest BCUT2D eigenvalue weighted by Gasteiger charge is -2.13. The normalized spacial score (nSPS) is 12.3. The van der Waals surface area contributed by atoms with Gasteiger partial charge in [0.15, 0.2) is 0 Å². The summed E-state index contributed by atoms with van der Waals surface area (Å²) in [7, 11) is 1.36. The Morgan fingerprint density at radius 3 is 2.58 bits per heavy atom. The third kappa shape index (κ3) is 4.46. The Balaban J connectivity index is 2.56. The minimum absolute atomic E-state index is 0.0812. The molecule has 26 heavy (non-hydrogen) atoms. The number of nitrogens with zero attached hydrogens (tertiary/aromatic N) is 2. The number of rotatable bonds is 5. The molecule has 140 valence electrons. The zero-order valence-corrected chi connectivity index (χ0v) is 15.2. The summed E-state index contributed by atoms with van der Waals surface area (Å²) >= 11 is 1.27. The molecular formula is C17H17F3N2O3S. The van der Waals surface area contributed by atoms with Gasteiger partial charge in [-0.25, -0.2) is 4.98 Å². The summed E-state index contributed by atoms with van der Waals surface area (Å²) in [6.07, 6.45) is -2.80. The molecule has 0 radical (unpaired) electrons. The number of thioether (sulfide) groups is 1. The number of pyridine rings is 1. The molecule has 2 rings (SSSR count). The summed E-state index contributed by atoms with van der Waals surface area (Å²) in [5, 5.41) is 0.946. The van der Waals surface area contributed by atoms with E-state index in [2.05, 4.69) is 9.98 Å². The lowest BCUT2D eigenvalue weighted by molar-refractivity contribution is -0.142. The van der Waals surface area contributed by atoms with Crippen LogP contribution in [0.1, 0.15) is 18.2 Å². The van der Waals surface area contributed by atoms with E-state index < -0.39 is 17.8 Å². The van der Waals surface area contributed by atoms with E-state index in [1.807, 2.05) is 0 Å². The molecule has 0 N–H and O–H groups in total. The van der Waals surface area contributed by atoms with Crippen molar-refractivity contribution in [2.45, 2.75) is 13.1 Å². The summed E-state index contributed by atoms with van der Waals surface area (Å²) < 4.78 is 48.9. The Morgan fingerprint density at radius 2 is 2.00 bits per heavy atom. The van der Waals surface area contributed by atoms with E-state index in [9.17, 15) is 18.0 Å². The number of alkyl halides is 3. The van der Waals surface area contributed by atoms with Crippen molar-refractivity contribution in [2.75, 3.05) is 26.5 Å². The van der Waals surface area contributed by atoms with Crippen LogP contribution >= 0.6 is 11.8 Å². The number of carbonyl (C=O) groups excluding carboxylic acids is 1. The zero-order valence-electron chi connectivity index (χ0n) is 14.4. The Hall–Kier alpha value is -2.29. The van der Waals surface area contributed by atoms with Gasteiger partial charge < -0.3 is 9.47 Å². The zero-order chi connectivity index (χ0) is 19.3. The smallest absolute Gasteiger partial charge is 0.433 e. The first-order chi connectivity index (χ1) is 12.3. The van der Waals surface area contributed by atoms with Crippen LogP contribution in [0, 0.1) is 0 Å². The molecule has 0 bridgehead atoms. The average molecular weight is 386 g/mol. The lowest BCUT2D eigenvalue weighted by atomic mass is 10.1. The van der Waals surface area contributed by atoms with Crippen LogP contribution in [0.25, 0.3) is 10.9 Å². The number of carbonyl (C=O) groups is 1. The standard InChI is InChI=1S/C17H17F3N2O3S/c1-4-25-14(23)9-21-16(26-3)11-5-7-12(24-2)15-10(11)6-8-13(22-15)17(18,19)20/h5-8H,4,9H2,1-3H3. The van der Waals surface area contributed by atoms with E-state index in [-0.39, 0.29) is 24.4 Å². The average Bonchev–Trinajstić information content (AvgIpc) is 2.61. The molecule has 0 amide bonds. The van der Waals surface area contributed by atoms with Crippen LogP contribution in [-0.4, -0.2) is 42.5 Å². The molecule has 0 saturated carbocycles. The van der Waals surface area contributed by atoms with Gasteiger partial charge in [-0.1, -0.05) is 0 Å². The first-order valence-corrected chi connectivity index (χ1v) is 8.83. The number of halogens is 3. The quantitative estimate of drug-likeness (QED) is 0.443. The third-order valence-electron chi connectivity index (χ3n) is 3.41. The maximum Gasteiger partial charge on any atom is 0.433 e. The van der Waals surface area contributed by atoms with Crippen LogP contribution in [0.5, 0.6) is 5.75 Å². The van der Waals surface area contributed by atoms with E-state index in [1.54, 1.807) is 19.2 Å². The highest BCUT2D eigenvalue weighted by Crippen LogP contribution is 2.34. The molecule has 0 aliphatic rings. The molecule has 1 aromatic heterocycles. The van der Waals surface area contributed by atoms with E-state index in [1.165, 1.54) is 31.0 Å². The van der Waals surface area contributed by atoms with Gasteiger partial charge in [-0.3, -0.25) is 9.79 Å². The second-order valence-electron chi connectivity index (χ2n) is 5.04. The summed E-state index contributed by atoms with van der Waals surface area (Å²) in [4.78, 5) is 19.5. The highest BCUT2D eigenvalue weighted by atomic mass is 32.2. The van der Waals surface area contributed by atoms with Crippen molar-refractivity contribution < 1.29 is 27.4 Å². The minimum Gasteiger partial charge on any atom is -0.494 e. The maximum absolute atomic E-state index is 13.0. The van der Waals surface area contributed by atoms with Crippen molar-refractivity contribution in [3.63, 3.8) is 0 Å². The summed E-state index contributed by atoms with van der Waals surface area (Å²) in [6, 6.07) is 5.45. The summed E-state index contributed by atoms with van der Waals surface area (Å²) in [6.45, 7) is 1.77. The van der Waals surface area contributed by atoms with Crippen molar-refractivity contribution in [3.05, 3.63) is 35.5 Å². The van der Waals surface area contributed by atoms with Gasteiger partial charge in [-0.2, -0.15) is 13.2 Å². The van der Waals surface area contributed by atoms with E-state index in [4.69, 9.17) is 9.47 Å². The number of fused-ring (bicyclic) bond motifs is 1. The molecular weight excluding hydrogens is 369 g/mol. The molecule has 0 spiro atoms. The molecule has 0 unspecified atom stereocenters. The number of ether oxygens (including phenoxy) is 2. The van der Waals surface area contributed by atoms with Crippen LogP contribution in [-0.2, 0) is 15.7 Å². The minimum atomic E-state index is -4.56. The number of benzene rings is 1. The van der Waals surface area contributed by atoms with Gasteiger partial charge in [0.05, 0.1) is 18.8 Å². The second-order valence-corrected chi connectivity index (χ2v) is 5.83. The van der Waals surface area contributed by atoms with Crippen LogP contribution in [0.15, 0.2) is 29.3 Å². The van der Waals surface area contributed by atoms with Gasteiger partial charge in [-0.05, 0) is 37.4 Å². The first-order valence-electron chi connectivity index (χ1n) is 7.61. The predicted molar refractivity (Wildman–Crippen MR) is 94.8 cm³/mol. The number of aliphatic imine (C=N–C) groups is 1. The molecule has 0 atom stereocenters. The highest BCUT2D eigenvalue weighted by Gasteiger charge is 2.33. The molecule has 9 heteroatoms. The van der Waals surface area contributed by atoms with Crippen LogP contribution in [0.4, 0.5) is 13.2 Å². The molecule has 1 aromatic carbocycles. The molecule has 2 aromatic rings. The van der Waals surface area contributed by atoms with Crippen molar-refractivity contribution in [2.24, 2.45) is 4.99 Å². The predicted octanol–water partition coefficient (Wildman–Crippen LogP) is 3.93. The number of methoxy groups -OCH3 is 1. The molecule has 0 aliphatic heterocycles. The van der Waals surface area contributed by atoms with Crippen molar-refractivity contribution in [3.8, 4) is 5.75 Å². The molecule has 0 aliphatic carbocycles. The van der Waals surface area contributed by atoms with Crippen LogP contribution < -0.4 is 4.74 Å². The van der Waals surface area contributed by atoms with Crippen molar-refractivity contribution in [1.82, 2.24) is 4.98 Å². The lowest BCUT2D eigenvalue weighted by Crippen LogP contribution is -2.11. The summed E-state index contributed by atoms with van der Waals surface area (Å²) in [5.41, 5.74) is -0.355. The Kier molecular flexibility index (Phi) is 6.47. The molecule has 5 nitrogen and oxygen atoms in total. The fourth-order valence-corrected chi connectivity index (χ4v) is 2.90. The number of aromatic nitrogens is 1. The monoisotopic (exact) mass is 386 g/mol. The maximum atomic E-state index is 13.0. The van der Waals surface area contributed by atoms with E-state index >= 15 is 0 Å². The second kappa shape index (κ2) is 8.39. The van der Waals surface area contributed by atoms with Gasteiger partial charge in [0.25, 0.3) is 0 Å². The van der Waals surface area contributed by atoms with Crippen molar-refractivity contribution in [1.29, 1.82) is 0 Å². The number of hydrogen-bond donors (Lipinski definition) is 0. The SMILES string of the molecule is CCOC(=O)CN=C(SC)c1ccc(OC)c2nc(C(F)(F)F)ccc12. The Labute approximate surface area is 152 Å².